The Morgan fingerprint density at radius 1 is 1.33 bits per heavy atom. The zero-order chi connectivity index (χ0) is 15.1. The van der Waals surface area contributed by atoms with Gasteiger partial charge in [0.25, 0.3) is 0 Å². The number of halogens is 1. The standard InChI is InChI=1S/C15H22BrN3OS/c1-12(13-2-4-14(16)5-3-13)18-15(21)17-6-7-19-8-10-20-11-9-19/h2-5,12H,6-11H2,1H3,(H2,17,18,21)/p+1/t12-/m0/s1. The third-order valence-electron chi connectivity index (χ3n) is 3.68. The van der Waals surface area contributed by atoms with E-state index in [9.17, 15) is 0 Å². The molecule has 1 heterocycles. The SMILES string of the molecule is C[C@H](NC(=S)NCC[NH+]1CCOCC1)c1ccc(Br)cc1. The van der Waals surface area contributed by atoms with Crippen LogP contribution in [0.15, 0.2) is 28.7 Å². The van der Waals surface area contributed by atoms with Crippen LogP contribution in [0.3, 0.4) is 0 Å². The van der Waals surface area contributed by atoms with Crippen LogP contribution in [0.25, 0.3) is 0 Å². The van der Waals surface area contributed by atoms with Crippen molar-refractivity contribution in [1.29, 1.82) is 0 Å². The van der Waals surface area contributed by atoms with Crippen molar-refractivity contribution in [2.45, 2.75) is 13.0 Å². The van der Waals surface area contributed by atoms with Gasteiger partial charge in [-0.2, -0.15) is 0 Å². The molecule has 1 aromatic carbocycles. The predicted molar refractivity (Wildman–Crippen MR) is 92.7 cm³/mol. The van der Waals surface area contributed by atoms with Gasteiger partial charge in [-0.25, -0.2) is 0 Å². The average Bonchev–Trinajstić information content (AvgIpc) is 2.49. The van der Waals surface area contributed by atoms with Crippen LogP contribution >= 0.6 is 28.1 Å². The molecule has 0 spiro atoms. The molecule has 0 aliphatic carbocycles. The normalized spacial score (nSPS) is 17.2. The molecule has 1 aromatic rings. The third-order valence-corrected chi connectivity index (χ3v) is 4.47. The minimum absolute atomic E-state index is 0.203. The number of quaternary nitrogens is 1. The highest BCUT2D eigenvalue weighted by atomic mass is 79.9. The van der Waals surface area contributed by atoms with Crippen LogP contribution in [0.5, 0.6) is 0 Å². The molecule has 1 aliphatic heterocycles. The summed E-state index contributed by atoms with van der Waals surface area (Å²) in [5.41, 5.74) is 1.22. The van der Waals surface area contributed by atoms with Gasteiger partial charge in [-0.05, 0) is 36.8 Å². The van der Waals surface area contributed by atoms with Gasteiger partial charge < -0.3 is 20.3 Å². The quantitative estimate of drug-likeness (QED) is 0.671. The largest absolute Gasteiger partial charge is 0.370 e. The van der Waals surface area contributed by atoms with E-state index < -0.39 is 0 Å². The zero-order valence-electron chi connectivity index (χ0n) is 12.3. The molecule has 3 N–H and O–H groups in total. The fourth-order valence-corrected chi connectivity index (χ4v) is 2.89. The van der Waals surface area contributed by atoms with Crippen molar-refractivity contribution in [2.75, 3.05) is 39.4 Å². The van der Waals surface area contributed by atoms with Gasteiger partial charge in [-0.1, -0.05) is 28.1 Å². The van der Waals surface area contributed by atoms with Gasteiger partial charge in [-0.15, -0.1) is 0 Å². The fourth-order valence-electron chi connectivity index (χ4n) is 2.35. The maximum Gasteiger partial charge on any atom is 0.166 e. The van der Waals surface area contributed by atoms with Crippen LogP contribution in [0.1, 0.15) is 18.5 Å². The van der Waals surface area contributed by atoms with Crippen molar-refractivity contribution >= 4 is 33.3 Å². The van der Waals surface area contributed by atoms with E-state index in [-0.39, 0.29) is 6.04 Å². The Balaban J connectivity index is 1.67. The molecule has 0 saturated carbocycles. The lowest BCUT2D eigenvalue weighted by molar-refractivity contribution is -0.906. The Bertz CT molecular complexity index is 449. The van der Waals surface area contributed by atoms with Crippen molar-refractivity contribution in [2.24, 2.45) is 0 Å². The second kappa shape index (κ2) is 8.68. The summed E-state index contributed by atoms with van der Waals surface area (Å²) >= 11 is 8.81. The molecule has 21 heavy (non-hydrogen) atoms. The Labute approximate surface area is 140 Å². The maximum atomic E-state index is 5.36. The highest BCUT2D eigenvalue weighted by Gasteiger charge is 2.13. The highest BCUT2D eigenvalue weighted by Crippen LogP contribution is 2.16. The number of hydrogen-bond donors (Lipinski definition) is 3. The summed E-state index contributed by atoms with van der Waals surface area (Å²) in [5, 5.41) is 7.34. The highest BCUT2D eigenvalue weighted by molar-refractivity contribution is 9.10. The van der Waals surface area contributed by atoms with E-state index in [0.29, 0.717) is 0 Å². The molecule has 116 valence electrons. The number of morpholine rings is 1. The van der Waals surface area contributed by atoms with E-state index in [0.717, 1.165) is 49.0 Å². The van der Waals surface area contributed by atoms with E-state index >= 15 is 0 Å². The van der Waals surface area contributed by atoms with Gasteiger partial charge >= 0.3 is 0 Å². The molecular weight excluding hydrogens is 350 g/mol. The first kappa shape index (κ1) is 16.7. The molecule has 1 atom stereocenters. The second-order valence-electron chi connectivity index (χ2n) is 5.29. The lowest BCUT2D eigenvalue weighted by atomic mass is 10.1. The third kappa shape index (κ3) is 5.90. The molecule has 0 unspecified atom stereocenters. The molecular formula is C15H23BrN3OS+. The molecule has 1 saturated heterocycles. The molecule has 4 nitrogen and oxygen atoms in total. The van der Waals surface area contributed by atoms with Crippen molar-refractivity contribution < 1.29 is 9.64 Å². The van der Waals surface area contributed by atoms with Crippen molar-refractivity contribution in [3.05, 3.63) is 34.3 Å². The molecule has 0 radical (unpaired) electrons. The lowest BCUT2D eigenvalue weighted by Crippen LogP contribution is -3.14. The summed E-state index contributed by atoms with van der Waals surface area (Å²) in [6.07, 6.45) is 0. The molecule has 2 rings (SSSR count). The summed E-state index contributed by atoms with van der Waals surface area (Å²) in [6, 6.07) is 8.50. The summed E-state index contributed by atoms with van der Waals surface area (Å²) in [6.45, 7) is 8.03. The molecule has 0 aromatic heterocycles. The first-order valence-corrected chi connectivity index (χ1v) is 8.56. The Morgan fingerprint density at radius 2 is 2.00 bits per heavy atom. The number of hydrogen-bond acceptors (Lipinski definition) is 2. The monoisotopic (exact) mass is 372 g/mol. The molecule has 1 fully saturated rings. The average molecular weight is 373 g/mol. The van der Waals surface area contributed by atoms with Gasteiger partial charge in [-0.3, -0.25) is 0 Å². The van der Waals surface area contributed by atoms with E-state index in [1.54, 1.807) is 4.90 Å². The van der Waals surface area contributed by atoms with E-state index in [1.165, 1.54) is 5.56 Å². The topological polar surface area (TPSA) is 37.7 Å². The first-order chi connectivity index (χ1) is 10.1. The van der Waals surface area contributed by atoms with E-state index in [1.807, 2.05) is 12.1 Å². The number of benzene rings is 1. The Hall–Kier alpha value is -0.690. The number of rotatable bonds is 5. The molecule has 0 amide bonds. The maximum absolute atomic E-state index is 5.36. The molecule has 6 heteroatoms. The van der Waals surface area contributed by atoms with Gasteiger partial charge in [0.1, 0.15) is 13.1 Å². The summed E-state index contributed by atoms with van der Waals surface area (Å²) in [4.78, 5) is 1.58. The van der Waals surface area contributed by atoms with Gasteiger partial charge in [0.05, 0.1) is 32.3 Å². The number of thiocarbonyl (C=S) groups is 1. The Kier molecular flexibility index (Phi) is 6.89. The zero-order valence-corrected chi connectivity index (χ0v) is 14.7. The van der Waals surface area contributed by atoms with Crippen molar-refractivity contribution in [1.82, 2.24) is 10.6 Å². The minimum Gasteiger partial charge on any atom is -0.370 e. The summed E-state index contributed by atoms with van der Waals surface area (Å²) in [7, 11) is 0. The van der Waals surface area contributed by atoms with Crippen LogP contribution in [-0.2, 0) is 4.74 Å². The van der Waals surface area contributed by atoms with Crippen molar-refractivity contribution in [3.63, 3.8) is 0 Å². The number of ether oxygens (including phenoxy) is 1. The van der Waals surface area contributed by atoms with Gasteiger partial charge in [0.2, 0.25) is 0 Å². The second-order valence-corrected chi connectivity index (χ2v) is 6.61. The Morgan fingerprint density at radius 3 is 2.67 bits per heavy atom. The molecule has 0 bridgehead atoms. The van der Waals surface area contributed by atoms with Crippen LogP contribution in [0, 0.1) is 0 Å². The fraction of sp³-hybridized carbons (Fsp3) is 0.533. The summed E-state index contributed by atoms with van der Waals surface area (Å²) < 4.78 is 6.44. The van der Waals surface area contributed by atoms with Crippen LogP contribution in [-0.4, -0.2) is 44.5 Å². The van der Waals surface area contributed by atoms with Crippen molar-refractivity contribution in [3.8, 4) is 0 Å². The van der Waals surface area contributed by atoms with E-state index in [4.69, 9.17) is 17.0 Å². The smallest absolute Gasteiger partial charge is 0.166 e. The summed E-state index contributed by atoms with van der Waals surface area (Å²) in [5.74, 6) is 0. The van der Waals surface area contributed by atoms with Crippen LogP contribution in [0.4, 0.5) is 0 Å². The van der Waals surface area contributed by atoms with Gasteiger partial charge in [0.15, 0.2) is 5.11 Å². The first-order valence-electron chi connectivity index (χ1n) is 7.36. The molecule has 1 aliphatic rings. The van der Waals surface area contributed by atoms with Crippen LogP contribution in [0.2, 0.25) is 0 Å². The minimum atomic E-state index is 0.203. The predicted octanol–water partition coefficient (Wildman–Crippen LogP) is 0.889. The lowest BCUT2D eigenvalue weighted by Gasteiger charge is -2.24. The number of nitrogens with one attached hydrogen (secondary N) is 3. The van der Waals surface area contributed by atoms with Crippen LogP contribution < -0.4 is 15.5 Å². The van der Waals surface area contributed by atoms with E-state index in [2.05, 4.69) is 45.6 Å². The van der Waals surface area contributed by atoms with Gasteiger partial charge in [0, 0.05) is 4.47 Å².